The molecule has 0 spiro atoms. The highest BCUT2D eigenvalue weighted by Crippen LogP contribution is 2.16. The van der Waals surface area contributed by atoms with Crippen molar-refractivity contribution in [1.82, 2.24) is 15.5 Å². The number of aliphatic imine (C=N–C) groups is 1. The van der Waals surface area contributed by atoms with Crippen LogP contribution in [-0.4, -0.2) is 68.3 Å². The van der Waals surface area contributed by atoms with Crippen LogP contribution in [0.25, 0.3) is 0 Å². The lowest BCUT2D eigenvalue weighted by Crippen LogP contribution is -2.40. The van der Waals surface area contributed by atoms with E-state index in [1.807, 2.05) is 0 Å². The van der Waals surface area contributed by atoms with Crippen LogP contribution in [0.15, 0.2) is 29.3 Å². The van der Waals surface area contributed by atoms with Gasteiger partial charge < -0.3 is 25.4 Å². The predicted octanol–water partition coefficient (Wildman–Crippen LogP) is 1.45. The number of nitrogens with zero attached hydrogens (tertiary/aromatic N) is 2. The minimum Gasteiger partial charge on any atom is -0.508 e. The highest BCUT2D eigenvalue weighted by Gasteiger charge is 2.24. The third-order valence-electron chi connectivity index (χ3n) is 4.31. The number of hydrogen-bond donors (Lipinski definition) is 3. The minimum absolute atomic E-state index is 0.0925. The summed E-state index contributed by atoms with van der Waals surface area (Å²) in [5.74, 6) is 1.41. The molecule has 1 aliphatic rings. The summed E-state index contributed by atoms with van der Waals surface area (Å²) in [7, 11) is 1.74. The molecule has 1 heterocycles. The number of phenols is 1. The molecule has 1 aliphatic heterocycles. The molecule has 144 valence electrons. The quantitative estimate of drug-likeness (QED) is 0.370. The minimum atomic E-state index is -0.182. The smallest absolute Gasteiger partial charge is 0.251 e. The van der Waals surface area contributed by atoms with Crippen LogP contribution in [0.1, 0.15) is 30.1 Å². The molecule has 1 unspecified atom stereocenters. The number of phenolic OH excluding ortho intramolecular Hbond substituents is 1. The molecule has 0 radical (unpaired) electrons. The Labute approximate surface area is 155 Å². The van der Waals surface area contributed by atoms with Crippen molar-refractivity contribution in [3.63, 3.8) is 0 Å². The van der Waals surface area contributed by atoms with E-state index < -0.39 is 0 Å². The number of amides is 1. The van der Waals surface area contributed by atoms with E-state index in [2.05, 4.69) is 27.4 Å². The van der Waals surface area contributed by atoms with Gasteiger partial charge in [0.25, 0.3) is 5.91 Å². The number of nitrogens with one attached hydrogen (secondary N) is 2. The molecule has 0 aliphatic carbocycles. The monoisotopic (exact) mass is 362 g/mol. The summed E-state index contributed by atoms with van der Waals surface area (Å²) in [6, 6.07) is 6.34. The molecule has 7 heteroatoms. The second-order valence-electron chi connectivity index (χ2n) is 6.45. The van der Waals surface area contributed by atoms with Crippen molar-refractivity contribution in [2.24, 2.45) is 10.9 Å². The molecule has 1 saturated heterocycles. The Morgan fingerprint density at radius 2 is 2.27 bits per heavy atom. The Balaban J connectivity index is 1.75. The van der Waals surface area contributed by atoms with Crippen molar-refractivity contribution in [3.8, 4) is 5.75 Å². The number of aromatic hydroxyl groups is 1. The van der Waals surface area contributed by atoms with Gasteiger partial charge in [0.05, 0.1) is 6.61 Å². The molecule has 26 heavy (non-hydrogen) atoms. The molecule has 1 atom stereocenters. The Hall–Kier alpha value is -2.28. The van der Waals surface area contributed by atoms with Crippen molar-refractivity contribution < 1.29 is 14.6 Å². The first-order chi connectivity index (χ1) is 12.6. The van der Waals surface area contributed by atoms with Gasteiger partial charge in [0.2, 0.25) is 0 Å². The van der Waals surface area contributed by atoms with Gasteiger partial charge >= 0.3 is 0 Å². The van der Waals surface area contributed by atoms with E-state index in [0.717, 1.165) is 45.0 Å². The van der Waals surface area contributed by atoms with Crippen molar-refractivity contribution in [2.45, 2.75) is 19.8 Å². The number of rotatable bonds is 8. The number of hydrogen-bond acceptors (Lipinski definition) is 4. The van der Waals surface area contributed by atoms with Crippen LogP contribution in [0.3, 0.4) is 0 Å². The number of guanidine groups is 1. The Morgan fingerprint density at radius 3 is 3.00 bits per heavy atom. The maximum atomic E-state index is 12.0. The fourth-order valence-corrected chi connectivity index (χ4v) is 3.04. The number of methoxy groups -OCH3 is 1. The van der Waals surface area contributed by atoms with Gasteiger partial charge in [-0.1, -0.05) is 6.07 Å². The van der Waals surface area contributed by atoms with Crippen LogP contribution in [0.2, 0.25) is 0 Å². The highest BCUT2D eigenvalue weighted by molar-refractivity contribution is 5.94. The van der Waals surface area contributed by atoms with Gasteiger partial charge in [0.1, 0.15) is 5.75 Å². The van der Waals surface area contributed by atoms with E-state index in [9.17, 15) is 9.90 Å². The predicted molar refractivity (Wildman–Crippen MR) is 103 cm³/mol. The molecule has 3 N–H and O–H groups in total. The second kappa shape index (κ2) is 10.7. The van der Waals surface area contributed by atoms with E-state index in [0.29, 0.717) is 24.6 Å². The van der Waals surface area contributed by atoms with Crippen LogP contribution < -0.4 is 10.6 Å². The van der Waals surface area contributed by atoms with Gasteiger partial charge in [0.15, 0.2) is 5.96 Å². The average molecular weight is 362 g/mol. The maximum Gasteiger partial charge on any atom is 0.251 e. The number of likely N-dealkylation sites (tertiary alicyclic amines) is 1. The van der Waals surface area contributed by atoms with E-state index in [-0.39, 0.29) is 11.7 Å². The van der Waals surface area contributed by atoms with Gasteiger partial charge in [-0.25, -0.2) is 0 Å². The summed E-state index contributed by atoms with van der Waals surface area (Å²) in [4.78, 5) is 19.0. The summed E-state index contributed by atoms with van der Waals surface area (Å²) >= 11 is 0. The molecule has 1 aromatic rings. The normalized spacial score (nSPS) is 17.4. The fourth-order valence-electron chi connectivity index (χ4n) is 3.04. The Morgan fingerprint density at radius 1 is 1.42 bits per heavy atom. The Kier molecular flexibility index (Phi) is 8.21. The number of carbonyl (C=O) groups is 1. The van der Waals surface area contributed by atoms with Gasteiger partial charge in [-0.3, -0.25) is 9.79 Å². The lowest BCUT2D eigenvalue weighted by atomic mass is 10.1. The van der Waals surface area contributed by atoms with E-state index >= 15 is 0 Å². The third-order valence-corrected chi connectivity index (χ3v) is 4.31. The average Bonchev–Trinajstić information content (AvgIpc) is 3.09. The standard InChI is InChI=1S/C19H30N4O3/c1-3-20-19(23-11-8-15(13-23)14-26-2)22-10-5-9-21-18(25)16-6-4-7-17(24)12-16/h4,6-7,12,15,24H,3,5,8-11,13-14H2,1-2H3,(H,20,22)(H,21,25). The molecule has 0 bridgehead atoms. The number of ether oxygens (including phenoxy) is 1. The molecule has 2 rings (SSSR count). The lowest BCUT2D eigenvalue weighted by molar-refractivity contribution is 0.0953. The van der Waals surface area contributed by atoms with E-state index in [4.69, 9.17) is 4.74 Å². The third kappa shape index (κ3) is 6.22. The Bertz CT molecular complexity index is 606. The molecule has 1 fully saturated rings. The second-order valence-corrected chi connectivity index (χ2v) is 6.45. The summed E-state index contributed by atoms with van der Waals surface area (Å²) in [5.41, 5.74) is 0.461. The molecular weight excluding hydrogens is 332 g/mol. The van der Waals surface area contributed by atoms with Crippen LogP contribution in [0.5, 0.6) is 5.75 Å². The van der Waals surface area contributed by atoms with Crippen LogP contribution in [0, 0.1) is 5.92 Å². The number of benzene rings is 1. The SMILES string of the molecule is CCNC(=NCCCNC(=O)c1cccc(O)c1)N1CCC(COC)C1. The van der Waals surface area contributed by atoms with E-state index in [1.165, 1.54) is 6.07 Å². The summed E-state index contributed by atoms with van der Waals surface area (Å²) in [5, 5.41) is 15.6. The maximum absolute atomic E-state index is 12.0. The van der Waals surface area contributed by atoms with Gasteiger partial charge in [-0.2, -0.15) is 0 Å². The largest absolute Gasteiger partial charge is 0.508 e. The first kappa shape index (κ1) is 20.0. The molecular formula is C19H30N4O3. The lowest BCUT2D eigenvalue weighted by Gasteiger charge is -2.21. The van der Waals surface area contributed by atoms with Crippen molar-refractivity contribution in [1.29, 1.82) is 0 Å². The van der Waals surface area contributed by atoms with Crippen molar-refractivity contribution >= 4 is 11.9 Å². The fraction of sp³-hybridized carbons (Fsp3) is 0.579. The zero-order valence-electron chi connectivity index (χ0n) is 15.7. The topological polar surface area (TPSA) is 86.2 Å². The van der Waals surface area contributed by atoms with Crippen molar-refractivity contribution in [2.75, 3.05) is 46.4 Å². The summed E-state index contributed by atoms with van der Waals surface area (Å²) < 4.78 is 5.25. The van der Waals surface area contributed by atoms with Crippen LogP contribution in [0.4, 0.5) is 0 Å². The molecule has 1 amide bonds. The molecule has 0 saturated carbocycles. The zero-order valence-corrected chi connectivity index (χ0v) is 15.7. The van der Waals surface area contributed by atoms with Gasteiger partial charge in [0, 0.05) is 51.3 Å². The first-order valence-electron chi connectivity index (χ1n) is 9.23. The van der Waals surface area contributed by atoms with Gasteiger partial charge in [-0.05, 0) is 38.0 Å². The molecule has 0 aromatic heterocycles. The van der Waals surface area contributed by atoms with Crippen molar-refractivity contribution in [3.05, 3.63) is 29.8 Å². The highest BCUT2D eigenvalue weighted by atomic mass is 16.5. The first-order valence-corrected chi connectivity index (χ1v) is 9.23. The number of carbonyl (C=O) groups excluding carboxylic acids is 1. The van der Waals surface area contributed by atoms with Gasteiger partial charge in [-0.15, -0.1) is 0 Å². The van der Waals surface area contributed by atoms with Crippen LogP contribution in [-0.2, 0) is 4.74 Å². The zero-order chi connectivity index (χ0) is 18.8. The molecule has 1 aromatic carbocycles. The van der Waals surface area contributed by atoms with Crippen LogP contribution >= 0.6 is 0 Å². The summed E-state index contributed by atoms with van der Waals surface area (Å²) in [6.45, 7) is 6.84. The van der Waals surface area contributed by atoms with E-state index in [1.54, 1.807) is 25.3 Å². The molecule has 7 nitrogen and oxygen atoms in total. The summed E-state index contributed by atoms with van der Waals surface area (Å²) in [6.07, 6.45) is 1.88.